The average molecular weight is 381 g/mol. The normalized spacial score (nSPS) is 11.1. The zero-order chi connectivity index (χ0) is 20.4. The fourth-order valence-electron chi connectivity index (χ4n) is 3.33. The maximum Gasteiger partial charge on any atom is 0.275 e. The molecule has 2 heterocycles. The van der Waals surface area contributed by atoms with Gasteiger partial charge in [0.15, 0.2) is 0 Å². The molecule has 7 nitrogen and oxygen atoms in total. The standard InChI is InChI=1S/C21H27N5O2/c1-13(2)11-16-12-18(25(4)24-16)21(27)22-20-19(14(3)23-26(20)5)15-7-9-17(28-6)10-8-15/h7-10,12-13H,11H2,1-6H3,(H,22,27). The number of amides is 1. The van der Waals surface area contributed by atoms with E-state index in [1.165, 1.54) is 0 Å². The number of carbonyl (C=O) groups excluding carboxylic acids is 1. The van der Waals surface area contributed by atoms with Crippen molar-refractivity contribution in [1.82, 2.24) is 19.6 Å². The van der Waals surface area contributed by atoms with Crippen molar-refractivity contribution in [3.8, 4) is 16.9 Å². The summed E-state index contributed by atoms with van der Waals surface area (Å²) in [5.74, 6) is 1.71. The van der Waals surface area contributed by atoms with Gasteiger partial charge in [0.1, 0.15) is 17.3 Å². The van der Waals surface area contributed by atoms with Crippen LogP contribution in [0.3, 0.4) is 0 Å². The highest BCUT2D eigenvalue weighted by Gasteiger charge is 2.20. The molecular weight excluding hydrogens is 354 g/mol. The summed E-state index contributed by atoms with van der Waals surface area (Å²) in [7, 11) is 5.25. The number of benzene rings is 1. The number of nitrogens with zero attached hydrogens (tertiary/aromatic N) is 4. The molecule has 148 valence electrons. The molecule has 7 heteroatoms. The molecule has 0 bridgehead atoms. The second-order valence-electron chi connectivity index (χ2n) is 7.36. The number of hydrogen-bond donors (Lipinski definition) is 1. The Hall–Kier alpha value is -3.09. The van der Waals surface area contributed by atoms with Crippen LogP contribution in [0.2, 0.25) is 0 Å². The first-order chi connectivity index (χ1) is 13.3. The van der Waals surface area contributed by atoms with Crippen LogP contribution in [-0.2, 0) is 20.5 Å². The lowest BCUT2D eigenvalue weighted by Crippen LogP contribution is -2.18. The Balaban J connectivity index is 1.92. The maximum absolute atomic E-state index is 12.9. The van der Waals surface area contributed by atoms with Gasteiger partial charge in [-0.15, -0.1) is 0 Å². The lowest BCUT2D eigenvalue weighted by molar-refractivity contribution is 0.101. The number of rotatable bonds is 6. The molecule has 2 aromatic heterocycles. The molecule has 0 unspecified atom stereocenters. The summed E-state index contributed by atoms with van der Waals surface area (Å²) in [5, 5.41) is 12.0. The van der Waals surface area contributed by atoms with Crippen molar-refractivity contribution in [2.75, 3.05) is 12.4 Å². The first-order valence-electron chi connectivity index (χ1n) is 9.32. The third-order valence-corrected chi connectivity index (χ3v) is 4.61. The smallest absolute Gasteiger partial charge is 0.275 e. The molecule has 0 saturated carbocycles. The van der Waals surface area contributed by atoms with E-state index in [2.05, 4.69) is 29.4 Å². The van der Waals surface area contributed by atoms with Crippen LogP contribution < -0.4 is 10.1 Å². The van der Waals surface area contributed by atoms with Crippen molar-refractivity contribution in [2.24, 2.45) is 20.0 Å². The molecule has 1 amide bonds. The molecule has 0 aliphatic heterocycles. The molecule has 0 spiro atoms. The molecule has 0 aliphatic carbocycles. The summed E-state index contributed by atoms with van der Waals surface area (Å²) in [6, 6.07) is 9.57. The fraction of sp³-hybridized carbons (Fsp3) is 0.381. The van der Waals surface area contributed by atoms with E-state index in [1.54, 1.807) is 23.5 Å². The minimum atomic E-state index is -0.206. The van der Waals surface area contributed by atoms with Crippen molar-refractivity contribution in [3.05, 3.63) is 47.4 Å². The number of aryl methyl sites for hydroxylation is 3. The van der Waals surface area contributed by atoms with Crippen LogP contribution in [0.5, 0.6) is 5.75 Å². The zero-order valence-corrected chi connectivity index (χ0v) is 17.3. The first-order valence-corrected chi connectivity index (χ1v) is 9.32. The summed E-state index contributed by atoms with van der Waals surface area (Å²) in [6.45, 7) is 6.20. The predicted octanol–water partition coefficient (Wildman–Crippen LogP) is 3.59. The third kappa shape index (κ3) is 3.93. The highest BCUT2D eigenvalue weighted by atomic mass is 16.5. The van der Waals surface area contributed by atoms with Gasteiger partial charge < -0.3 is 10.1 Å². The quantitative estimate of drug-likeness (QED) is 0.708. The van der Waals surface area contributed by atoms with Gasteiger partial charge in [0.2, 0.25) is 0 Å². The van der Waals surface area contributed by atoms with Crippen LogP contribution >= 0.6 is 0 Å². The Bertz CT molecular complexity index is 983. The number of anilines is 1. The van der Waals surface area contributed by atoms with Gasteiger partial charge in [0.25, 0.3) is 5.91 Å². The van der Waals surface area contributed by atoms with E-state index in [9.17, 15) is 4.79 Å². The van der Waals surface area contributed by atoms with E-state index in [0.717, 1.165) is 34.7 Å². The predicted molar refractivity (Wildman–Crippen MR) is 110 cm³/mol. The minimum absolute atomic E-state index is 0.206. The van der Waals surface area contributed by atoms with E-state index in [0.29, 0.717) is 17.4 Å². The lowest BCUT2D eigenvalue weighted by atomic mass is 10.1. The summed E-state index contributed by atoms with van der Waals surface area (Å²) in [4.78, 5) is 12.9. The second kappa shape index (κ2) is 7.88. The van der Waals surface area contributed by atoms with Gasteiger partial charge in [-0.25, -0.2) is 0 Å². The van der Waals surface area contributed by atoms with Crippen molar-refractivity contribution >= 4 is 11.7 Å². The van der Waals surface area contributed by atoms with Gasteiger partial charge in [-0.3, -0.25) is 14.2 Å². The number of hydrogen-bond acceptors (Lipinski definition) is 4. The van der Waals surface area contributed by atoms with Crippen LogP contribution in [-0.4, -0.2) is 32.6 Å². The number of methoxy groups -OCH3 is 1. The van der Waals surface area contributed by atoms with E-state index >= 15 is 0 Å². The number of aromatic nitrogens is 4. The van der Waals surface area contributed by atoms with E-state index < -0.39 is 0 Å². The highest BCUT2D eigenvalue weighted by Crippen LogP contribution is 2.32. The zero-order valence-electron chi connectivity index (χ0n) is 17.3. The highest BCUT2D eigenvalue weighted by molar-refractivity contribution is 6.04. The number of ether oxygens (including phenoxy) is 1. The van der Waals surface area contributed by atoms with Gasteiger partial charge in [-0.1, -0.05) is 26.0 Å². The fourth-order valence-corrected chi connectivity index (χ4v) is 3.33. The first kappa shape index (κ1) is 19.7. The van der Waals surface area contributed by atoms with Crippen LogP contribution in [0.1, 0.15) is 35.7 Å². The summed E-state index contributed by atoms with van der Waals surface area (Å²) >= 11 is 0. The largest absolute Gasteiger partial charge is 0.497 e. The van der Waals surface area contributed by atoms with Crippen molar-refractivity contribution in [2.45, 2.75) is 27.2 Å². The Morgan fingerprint density at radius 1 is 1.14 bits per heavy atom. The van der Waals surface area contributed by atoms with Gasteiger partial charge in [0, 0.05) is 19.7 Å². The minimum Gasteiger partial charge on any atom is -0.497 e. The molecule has 1 aromatic carbocycles. The third-order valence-electron chi connectivity index (χ3n) is 4.61. The molecule has 1 N–H and O–H groups in total. The molecule has 28 heavy (non-hydrogen) atoms. The molecular formula is C21H27N5O2. The molecule has 0 saturated heterocycles. The molecule has 3 aromatic rings. The average Bonchev–Trinajstić information content (AvgIpc) is 3.13. The van der Waals surface area contributed by atoms with Crippen molar-refractivity contribution < 1.29 is 9.53 Å². The SMILES string of the molecule is COc1ccc(-c2c(C)nn(C)c2NC(=O)c2cc(CC(C)C)nn2C)cc1. The molecule has 0 atom stereocenters. The Morgan fingerprint density at radius 2 is 1.82 bits per heavy atom. The number of carbonyl (C=O) groups is 1. The molecule has 0 radical (unpaired) electrons. The van der Waals surface area contributed by atoms with Crippen molar-refractivity contribution in [1.29, 1.82) is 0 Å². The van der Waals surface area contributed by atoms with E-state index in [-0.39, 0.29) is 5.91 Å². The van der Waals surface area contributed by atoms with E-state index in [4.69, 9.17) is 4.74 Å². The van der Waals surface area contributed by atoms with Crippen molar-refractivity contribution in [3.63, 3.8) is 0 Å². The van der Waals surface area contributed by atoms with Crippen LogP contribution in [0.15, 0.2) is 30.3 Å². The van der Waals surface area contributed by atoms with Crippen LogP contribution in [0.25, 0.3) is 11.1 Å². The van der Waals surface area contributed by atoms with Gasteiger partial charge in [-0.2, -0.15) is 10.2 Å². The van der Waals surface area contributed by atoms with Gasteiger partial charge in [-0.05, 0) is 43.0 Å². The lowest BCUT2D eigenvalue weighted by Gasteiger charge is -2.10. The summed E-state index contributed by atoms with van der Waals surface area (Å²) < 4.78 is 8.56. The van der Waals surface area contributed by atoms with Gasteiger partial charge in [0.05, 0.1) is 18.5 Å². The van der Waals surface area contributed by atoms with Crippen LogP contribution in [0, 0.1) is 12.8 Å². The Kier molecular flexibility index (Phi) is 5.53. The Morgan fingerprint density at radius 3 is 2.43 bits per heavy atom. The number of nitrogens with one attached hydrogen (secondary N) is 1. The summed E-state index contributed by atoms with van der Waals surface area (Å²) in [5.41, 5.74) is 4.14. The summed E-state index contributed by atoms with van der Waals surface area (Å²) in [6.07, 6.45) is 0.836. The van der Waals surface area contributed by atoms with E-state index in [1.807, 2.05) is 44.3 Å². The molecule has 3 rings (SSSR count). The monoisotopic (exact) mass is 381 g/mol. The molecule has 0 fully saturated rings. The Labute approximate surface area is 165 Å². The molecule has 0 aliphatic rings. The second-order valence-corrected chi connectivity index (χ2v) is 7.36. The topological polar surface area (TPSA) is 74.0 Å². The van der Waals surface area contributed by atoms with Crippen LogP contribution in [0.4, 0.5) is 5.82 Å². The van der Waals surface area contributed by atoms with Gasteiger partial charge >= 0.3 is 0 Å². The maximum atomic E-state index is 12.9.